The van der Waals surface area contributed by atoms with Gasteiger partial charge in [0.15, 0.2) is 0 Å². The number of thioether (sulfide) groups is 1. The molecule has 0 unspecified atom stereocenters. The van der Waals surface area contributed by atoms with Gasteiger partial charge in [0.25, 0.3) is 0 Å². The Labute approximate surface area is 138 Å². The summed E-state index contributed by atoms with van der Waals surface area (Å²) in [4.78, 5) is 5.67. The molecule has 0 fully saturated rings. The molecule has 0 aliphatic rings. The van der Waals surface area contributed by atoms with Gasteiger partial charge in [0.05, 0.1) is 17.2 Å². The second-order valence-corrected chi connectivity index (χ2v) is 6.77. The van der Waals surface area contributed by atoms with E-state index in [1.807, 2.05) is 54.8 Å². The second kappa shape index (κ2) is 7.51. The van der Waals surface area contributed by atoms with Crippen molar-refractivity contribution < 1.29 is 9.15 Å². The van der Waals surface area contributed by atoms with Crippen molar-refractivity contribution in [1.29, 1.82) is 0 Å². The van der Waals surface area contributed by atoms with Crippen molar-refractivity contribution in [1.82, 2.24) is 4.98 Å². The van der Waals surface area contributed by atoms with Gasteiger partial charge < -0.3 is 9.15 Å². The molecule has 0 saturated heterocycles. The summed E-state index contributed by atoms with van der Waals surface area (Å²) in [7, 11) is 0. The fraction of sp³-hybridized carbons (Fsp3) is 0.235. The standard InChI is InChI=1S/C17H17NO2S2/c1-13-15(18-17(20-13)16-8-5-10-22-16)12-21-11-9-19-14-6-3-2-4-7-14/h2-8,10H,9,11-12H2,1H3. The minimum atomic E-state index is 0.698. The molecule has 1 aromatic carbocycles. The van der Waals surface area contributed by atoms with Crippen LogP contribution >= 0.6 is 23.1 Å². The molecule has 0 amide bonds. The van der Waals surface area contributed by atoms with Crippen LogP contribution in [-0.2, 0) is 5.75 Å². The van der Waals surface area contributed by atoms with Gasteiger partial charge in [-0.3, -0.25) is 0 Å². The SMILES string of the molecule is Cc1oc(-c2cccs2)nc1CSCCOc1ccccc1. The molecule has 0 saturated carbocycles. The van der Waals surface area contributed by atoms with Crippen molar-refractivity contribution in [2.24, 2.45) is 0 Å². The van der Waals surface area contributed by atoms with Gasteiger partial charge >= 0.3 is 0 Å². The lowest BCUT2D eigenvalue weighted by Gasteiger charge is -2.04. The molecule has 114 valence electrons. The maximum atomic E-state index is 5.74. The lowest BCUT2D eigenvalue weighted by molar-refractivity contribution is 0.344. The number of hydrogen-bond acceptors (Lipinski definition) is 5. The van der Waals surface area contributed by atoms with Crippen molar-refractivity contribution in [3.8, 4) is 16.5 Å². The van der Waals surface area contributed by atoms with E-state index < -0.39 is 0 Å². The van der Waals surface area contributed by atoms with Crippen LogP contribution in [0.5, 0.6) is 5.75 Å². The minimum Gasteiger partial charge on any atom is -0.493 e. The first-order chi connectivity index (χ1) is 10.8. The largest absolute Gasteiger partial charge is 0.493 e. The molecule has 3 nitrogen and oxygen atoms in total. The highest BCUT2D eigenvalue weighted by molar-refractivity contribution is 7.98. The van der Waals surface area contributed by atoms with Crippen molar-refractivity contribution >= 4 is 23.1 Å². The summed E-state index contributed by atoms with van der Waals surface area (Å²) < 4.78 is 11.4. The van der Waals surface area contributed by atoms with Crippen molar-refractivity contribution in [2.75, 3.05) is 12.4 Å². The highest BCUT2D eigenvalue weighted by Gasteiger charge is 2.11. The van der Waals surface area contributed by atoms with Crippen LogP contribution in [0.15, 0.2) is 52.3 Å². The lowest BCUT2D eigenvalue weighted by atomic mass is 10.3. The first-order valence-electron chi connectivity index (χ1n) is 7.09. The van der Waals surface area contributed by atoms with Gasteiger partial charge in [-0.25, -0.2) is 4.98 Å². The molecule has 0 atom stereocenters. The molecule has 2 heterocycles. The Hall–Kier alpha value is -1.72. The number of aromatic nitrogens is 1. The number of benzene rings is 1. The Morgan fingerprint density at radius 3 is 2.82 bits per heavy atom. The van der Waals surface area contributed by atoms with Crippen LogP contribution in [0.4, 0.5) is 0 Å². The predicted octanol–water partition coefficient (Wildman–Crippen LogP) is 5.02. The molecule has 2 aromatic heterocycles. The minimum absolute atomic E-state index is 0.698. The van der Waals surface area contributed by atoms with E-state index in [1.165, 1.54) is 0 Å². The van der Waals surface area contributed by atoms with E-state index in [0.29, 0.717) is 6.61 Å². The summed E-state index contributed by atoms with van der Waals surface area (Å²) in [6.45, 7) is 2.67. The van der Waals surface area contributed by atoms with E-state index in [9.17, 15) is 0 Å². The molecule has 0 N–H and O–H groups in total. The maximum Gasteiger partial charge on any atom is 0.236 e. The number of rotatable bonds is 7. The summed E-state index contributed by atoms with van der Waals surface area (Å²) in [5, 5.41) is 2.03. The Morgan fingerprint density at radius 2 is 2.05 bits per heavy atom. The number of hydrogen-bond donors (Lipinski definition) is 0. The quantitative estimate of drug-likeness (QED) is 0.569. The Bertz CT molecular complexity index is 693. The van der Waals surface area contributed by atoms with Crippen LogP contribution in [0.2, 0.25) is 0 Å². The molecule has 3 aromatic rings. The van der Waals surface area contributed by atoms with Crippen molar-refractivity contribution in [3.05, 3.63) is 59.3 Å². The summed E-state index contributed by atoms with van der Waals surface area (Å²) in [6.07, 6.45) is 0. The van der Waals surface area contributed by atoms with Crippen LogP contribution < -0.4 is 4.74 Å². The number of thiophene rings is 1. The Balaban J connectivity index is 1.46. The summed E-state index contributed by atoms with van der Waals surface area (Å²) >= 11 is 3.45. The molecular weight excluding hydrogens is 314 g/mol. The van der Waals surface area contributed by atoms with Gasteiger partial charge in [0, 0.05) is 11.5 Å². The fourth-order valence-corrected chi connectivity index (χ4v) is 3.43. The van der Waals surface area contributed by atoms with Gasteiger partial charge in [-0.1, -0.05) is 24.3 Å². The van der Waals surface area contributed by atoms with E-state index in [1.54, 1.807) is 23.1 Å². The lowest BCUT2D eigenvalue weighted by Crippen LogP contribution is -2.00. The van der Waals surface area contributed by atoms with Crippen LogP contribution in [0.3, 0.4) is 0 Å². The summed E-state index contributed by atoms with van der Waals surface area (Å²) in [5.74, 6) is 4.32. The fourth-order valence-electron chi connectivity index (χ4n) is 1.97. The zero-order chi connectivity index (χ0) is 15.2. The maximum absolute atomic E-state index is 5.74. The topological polar surface area (TPSA) is 35.3 Å². The van der Waals surface area contributed by atoms with Gasteiger partial charge in [-0.15, -0.1) is 11.3 Å². The third-order valence-electron chi connectivity index (χ3n) is 3.10. The third-order valence-corrected chi connectivity index (χ3v) is 4.89. The molecule has 3 rings (SSSR count). The van der Waals surface area contributed by atoms with Crippen LogP contribution in [0, 0.1) is 6.92 Å². The van der Waals surface area contributed by atoms with E-state index >= 15 is 0 Å². The van der Waals surface area contributed by atoms with Gasteiger partial charge in [-0.2, -0.15) is 11.8 Å². The highest BCUT2D eigenvalue weighted by Crippen LogP contribution is 2.27. The van der Waals surface area contributed by atoms with E-state index in [0.717, 1.165) is 39.5 Å². The second-order valence-electron chi connectivity index (χ2n) is 4.71. The first kappa shape index (κ1) is 15.2. The first-order valence-corrected chi connectivity index (χ1v) is 9.12. The molecule has 0 radical (unpaired) electrons. The Morgan fingerprint density at radius 1 is 1.18 bits per heavy atom. The zero-order valence-corrected chi connectivity index (χ0v) is 14.0. The molecular formula is C17H17NO2S2. The monoisotopic (exact) mass is 331 g/mol. The van der Waals surface area contributed by atoms with E-state index in [-0.39, 0.29) is 0 Å². The van der Waals surface area contributed by atoms with Crippen LogP contribution in [0.1, 0.15) is 11.5 Å². The molecule has 0 spiro atoms. The third kappa shape index (κ3) is 3.93. The number of aryl methyl sites for hydroxylation is 1. The van der Waals surface area contributed by atoms with Crippen molar-refractivity contribution in [3.63, 3.8) is 0 Å². The zero-order valence-electron chi connectivity index (χ0n) is 12.3. The average Bonchev–Trinajstić information content (AvgIpc) is 3.18. The number of ether oxygens (including phenoxy) is 1. The van der Waals surface area contributed by atoms with Crippen LogP contribution in [-0.4, -0.2) is 17.3 Å². The number of nitrogens with zero attached hydrogens (tertiary/aromatic N) is 1. The molecule has 0 bridgehead atoms. The molecule has 22 heavy (non-hydrogen) atoms. The summed E-state index contributed by atoms with van der Waals surface area (Å²) in [6, 6.07) is 13.9. The van der Waals surface area contributed by atoms with Crippen molar-refractivity contribution in [2.45, 2.75) is 12.7 Å². The highest BCUT2D eigenvalue weighted by atomic mass is 32.2. The molecule has 0 aliphatic carbocycles. The predicted molar refractivity (Wildman–Crippen MR) is 92.7 cm³/mol. The van der Waals surface area contributed by atoms with Gasteiger partial charge in [0.1, 0.15) is 11.5 Å². The number of para-hydroxylation sites is 1. The average molecular weight is 331 g/mol. The van der Waals surface area contributed by atoms with Gasteiger partial charge in [0.2, 0.25) is 5.89 Å². The van der Waals surface area contributed by atoms with E-state index in [2.05, 4.69) is 4.98 Å². The normalized spacial score (nSPS) is 10.8. The van der Waals surface area contributed by atoms with Crippen LogP contribution in [0.25, 0.3) is 10.8 Å². The van der Waals surface area contributed by atoms with Gasteiger partial charge in [-0.05, 0) is 30.5 Å². The molecule has 5 heteroatoms. The molecule has 0 aliphatic heterocycles. The van der Waals surface area contributed by atoms with E-state index in [4.69, 9.17) is 9.15 Å². The summed E-state index contributed by atoms with van der Waals surface area (Å²) in [5.41, 5.74) is 1.02. The smallest absolute Gasteiger partial charge is 0.236 e. The Kier molecular flexibility index (Phi) is 5.19. The number of oxazole rings is 1.